The van der Waals surface area contributed by atoms with Crippen molar-refractivity contribution >= 4 is 23.2 Å². The highest BCUT2D eigenvalue weighted by atomic mass is 35.5. The SMILES string of the molecule is N#CC1=C(N)C(C#N)(C#N)[C@@H](c2cccc(Cl)c2Cl)[C@@H]2CCCC=C12. The molecule has 0 spiro atoms. The van der Waals surface area contributed by atoms with E-state index in [-0.39, 0.29) is 17.2 Å². The van der Waals surface area contributed by atoms with Gasteiger partial charge in [-0.15, -0.1) is 0 Å². The van der Waals surface area contributed by atoms with Gasteiger partial charge in [0, 0.05) is 5.92 Å². The maximum absolute atomic E-state index is 9.92. The summed E-state index contributed by atoms with van der Waals surface area (Å²) >= 11 is 12.6. The Balaban J connectivity index is 2.38. The lowest BCUT2D eigenvalue weighted by Crippen LogP contribution is -2.42. The van der Waals surface area contributed by atoms with E-state index in [9.17, 15) is 15.8 Å². The lowest BCUT2D eigenvalue weighted by atomic mass is 9.57. The van der Waals surface area contributed by atoms with Crippen LogP contribution in [0, 0.1) is 45.3 Å². The monoisotopic (exact) mass is 368 g/mol. The van der Waals surface area contributed by atoms with Crippen LogP contribution in [-0.2, 0) is 0 Å². The van der Waals surface area contributed by atoms with Gasteiger partial charge in [-0.25, -0.2) is 0 Å². The van der Waals surface area contributed by atoms with Crippen molar-refractivity contribution in [2.45, 2.75) is 25.2 Å². The van der Waals surface area contributed by atoms with Gasteiger partial charge in [0.2, 0.25) is 0 Å². The van der Waals surface area contributed by atoms with Crippen LogP contribution in [0.3, 0.4) is 0 Å². The number of allylic oxidation sites excluding steroid dienone is 4. The molecule has 0 saturated heterocycles. The predicted octanol–water partition coefficient (Wildman–Crippen LogP) is 4.59. The van der Waals surface area contributed by atoms with Gasteiger partial charge in [-0.3, -0.25) is 0 Å². The molecule has 0 radical (unpaired) electrons. The number of nitrogens with two attached hydrogens (primary N) is 1. The quantitative estimate of drug-likeness (QED) is 0.783. The molecule has 2 aliphatic rings. The van der Waals surface area contributed by atoms with Crippen molar-refractivity contribution in [2.24, 2.45) is 17.1 Å². The van der Waals surface area contributed by atoms with Crippen LogP contribution >= 0.6 is 23.2 Å². The van der Waals surface area contributed by atoms with E-state index in [0.717, 1.165) is 24.8 Å². The summed E-state index contributed by atoms with van der Waals surface area (Å²) in [6, 6.07) is 11.5. The largest absolute Gasteiger partial charge is 0.399 e. The van der Waals surface area contributed by atoms with E-state index in [4.69, 9.17) is 28.9 Å². The highest BCUT2D eigenvalue weighted by Gasteiger charge is 2.54. The van der Waals surface area contributed by atoms with Crippen LogP contribution in [0.5, 0.6) is 0 Å². The van der Waals surface area contributed by atoms with Gasteiger partial charge in [-0.1, -0.05) is 41.4 Å². The molecule has 2 aliphatic carbocycles. The van der Waals surface area contributed by atoms with E-state index in [2.05, 4.69) is 18.2 Å². The Morgan fingerprint density at radius 1 is 1.16 bits per heavy atom. The third-order valence-corrected chi connectivity index (χ3v) is 5.95. The summed E-state index contributed by atoms with van der Waals surface area (Å²) in [5, 5.41) is 30.1. The number of nitrogens with zero attached hydrogens (tertiary/aromatic N) is 3. The number of halogens is 2. The van der Waals surface area contributed by atoms with Crippen LogP contribution in [-0.4, -0.2) is 0 Å². The minimum Gasteiger partial charge on any atom is -0.399 e. The summed E-state index contributed by atoms with van der Waals surface area (Å²) in [5.41, 5.74) is 6.24. The molecule has 1 aromatic rings. The first-order valence-electron chi connectivity index (χ1n) is 7.89. The maximum Gasteiger partial charge on any atom is 0.191 e. The van der Waals surface area contributed by atoms with E-state index in [1.54, 1.807) is 18.2 Å². The number of nitriles is 3. The first-order valence-corrected chi connectivity index (χ1v) is 8.64. The van der Waals surface area contributed by atoms with Crippen LogP contribution < -0.4 is 5.73 Å². The van der Waals surface area contributed by atoms with E-state index in [0.29, 0.717) is 15.6 Å². The first kappa shape index (κ1) is 17.4. The van der Waals surface area contributed by atoms with Crippen molar-refractivity contribution < 1.29 is 0 Å². The molecule has 25 heavy (non-hydrogen) atoms. The third-order valence-electron chi connectivity index (χ3n) is 5.12. The molecule has 6 heteroatoms. The van der Waals surface area contributed by atoms with Crippen LogP contribution in [0.1, 0.15) is 30.7 Å². The number of rotatable bonds is 1. The summed E-state index contributed by atoms with van der Waals surface area (Å²) in [6.07, 6.45) is 4.49. The Bertz CT molecular complexity index is 910. The molecule has 0 saturated carbocycles. The maximum atomic E-state index is 9.92. The molecule has 4 nitrogen and oxygen atoms in total. The molecule has 2 atom stereocenters. The zero-order valence-electron chi connectivity index (χ0n) is 13.3. The summed E-state index contributed by atoms with van der Waals surface area (Å²) in [5.74, 6) is -0.747. The topological polar surface area (TPSA) is 97.4 Å². The normalized spacial score (nSPS) is 24.4. The van der Waals surface area contributed by atoms with E-state index in [1.165, 1.54) is 0 Å². The minimum atomic E-state index is -1.65. The summed E-state index contributed by atoms with van der Waals surface area (Å²) < 4.78 is 0. The second-order valence-electron chi connectivity index (χ2n) is 6.25. The van der Waals surface area contributed by atoms with Gasteiger partial charge in [0.25, 0.3) is 0 Å². The predicted molar refractivity (Wildman–Crippen MR) is 95.1 cm³/mol. The van der Waals surface area contributed by atoms with E-state index in [1.807, 2.05) is 6.08 Å². The average molecular weight is 369 g/mol. The number of fused-ring (bicyclic) bond motifs is 1. The van der Waals surface area contributed by atoms with Gasteiger partial charge in [0.1, 0.15) is 6.07 Å². The Kier molecular flexibility index (Phi) is 4.49. The fraction of sp³-hybridized carbons (Fsp3) is 0.316. The standard InChI is InChI=1S/C19H14Cl2N4/c20-15-7-3-6-13(17(15)21)16-12-5-2-1-4-11(12)14(8-22)18(25)19(16,9-23)10-24/h3-4,6-7,12,16H,1-2,5,25H2/t12-,16-/m1/s1. The number of hydrogen-bond acceptors (Lipinski definition) is 4. The Hall–Kier alpha value is -2.45. The fourth-order valence-corrected chi connectivity index (χ4v) is 4.40. The van der Waals surface area contributed by atoms with Gasteiger partial charge >= 0.3 is 0 Å². The number of benzene rings is 1. The van der Waals surface area contributed by atoms with Crippen molar-refractivity contribution in [1.82, 2.24) is 0 Å². The zero-order valence-corrected chi connectivity index (χ0v) is 14.8. The average Bonchev–Trinajstić information content (AvgIpc) is 2.64. The van der Waals surface area contributed by atoms with Crippen LogP contribution in [0.4, 0.5) is 0 Å². The van der Waals surface area contributed by atoms with Crippen LogP contribution in [0.2, 0.25) is 10.0 Å². The highest BCUT2D eigenvalue weighted by molar-refractivity contribution is 6.42. The third kappa shape index (κ3) is 2.40. The van der Waals surface area contributed by atoms with Crippen molar-refractivity contribution in [1.29, 1.82) is 15.8 Å². The molecular weight excluding hydrogens is 355 g/mol. The molecule has 1 aromatic carbocycles. The molecule has 0 amide bonds. The van der Waals surface area contributed by atoms with Crippen LogP contribution in [0.15, 0.2) is 41.1 Å². The van der Waals surface area contributed by atoms with Crippen molar-refractivity contribution in [3.05, 3.63) is 56.7 Å². The lowest BCUT2D eigenvalue weighted by molar-refractivity contribution is 0.317. The van der Waals surface area contributed by atoms with Gasteiger partial charge in [-0.05, 0) is 42.4 Å². The van der Waals surface area contributed by atoms with E-state index < -0.39 is 11.3 Å². The van der Waals surface area contributed by atoms with Crippen molar-refractivity contribution in [3.8, 4) is 18.2 Å². The van der Waals surface area contributed by atoms with Gasteiger partial charge < -0.3 is 5.73 Å². The molecule has 0 fully saturated rings. The van der Waals surface area contributed by atoms with Crippen LogP contribution in [0.25, 0.3) is 0 Å². The smallest absolute Gasteiger partial charge is 0.191 e. The Labute approximate surface area is 156 Å². The van der Waals surface area contributed by atoms with Crippen molar-refractivity contribution in [2.75, 3.05) is 0 Å². The summed E-state index contributed by atoms with van der Waals surface area (Å²) in [7, 11) is 0. The fourth-order valence-electron chi connectivity index (χ4n) is 3.98. The van der Waals surface area contributed by atoms with Gasteiger partial charge in [0.15, 0.2) is 5.41 Å². The minimum absolute atomic E-state index is 0.00504. The van der Waals surface area contributed by atoms with Crippen molar-refractivity contribution in [3.63, 3.8) is 0 Å². The number of hydrogen-bond donors (Lipinski definition) is 1. The summed E-state index contributed by atoms with van der Waals surface area (Å²) in [6.45, 7) is 0. The zero-order chi connectivity index (χ0) is 18.2. The molecule has 0 heterocycles. The Morgan fingerprint density at radius 3 is 2.52 bits per heavy atom. The Morgan fingerprint density at radius 2 is 1.88 bits per heavy atom. The molecule has 0 bridgehead atoms. The molecule has 3 rings (SSSR count). The molecule has 2 N–H and O–H groups in total. The van der Waals surface area contributed by atoms with E-state index >= 15 is 0 Å². The van der Waals surface area contributed by atoms with Gasteiger partial charge in [-0.2, -0.15) is 15.8 Å². The summed E-state index contributed by atoms with van der Waals surface area (Å²) in [4.78, 5) is 0. The first-order chi connectivity index (χ1) is 12.0. The molecule has 0 aromatic heterocycles. The van der Waals surface area contributed by atoms with Gasteiger partial charge in [0.05, 0.1) is 33.5 Å². The highest BCUT2D eigenvalue weighted by Crippen LogP contribution is 2.57. The molecule has 0 unspecified atom stereocenters. The molecule has 0 aliphatic heterocycles. The second-order valence-corrected chi connectivity index (χ2v) is 7.03. The molecule has 124 valence electrons. The second kappa shape index (κ2) is 6.45. The lowest BCUT2D eigenvalue weighted by Gasteiger charge is -2.43. The molecular formula is C19H14Cl2N4.